The third-order valence-corrected chi connectivity index (χ3v) is 2.14. The van der Waals surface area contributed by atoms with Gasteiger partial charge in [-0.25, -0.2) is 4.79 Å². The van der Waals surface area contributed by atoms with E-state index in [0.29, 0.717) is 5.69 Å². The van der Waals surface area contributed by atoms with Gasteiger partial charge in [0.15, 0.2) is 0 Å². The Kier molecular flexibility index (Phi) is 3.22. The summed E-state index contributed by atoms with van der Waals surface area (Å²) in [6.45, 7) is -2.94. The largest absolute Gasteiger partial charge is 0.435 e. The molecule has 18 heavy (non-hydrogen) atoms. The number of aromatic amines is 1. The first-order valence-corrected chi connectivity index (χ1v) is 4.93. The molecule has 0 unspecified atom stereocenters. The van der Waals surface area contributed by atoms with Crippen molar-refractivity contribution in [3.63, 3.8) is 0 Å². The van der Waals surface area contributed by atoms with E-state index in [4.69, 9.17) is 0 Å². The number of ether oxygens (including phenoxy) is 1. The Balaban J connectivity index is 2.44. The van der Waals surface area contributed by atoms with Crippen molar-refractivity contribution in [2.75, 3.05) is 0 Å². The Morgan fingerprint density at radius 1 is 1.22 bits per heavy atom. The van der Waals surface area contributed by atoms with Crippen LogP contribution in [0.2, 0.25) is 0 Å². The van der Waals surface area contributed by atoms with E-state index in [0.717, 1.165) is 10.6 Å². The van der Waals surface area contributed by atoms with Crippen LogP contribution >= 0.6 is 0 Å². The van der Waals surface area contributed by atoms with E-state index in [-0.39, 0.29) is 5.75 Å². The standard InChI is InChI=1S/C11H8F2N2O3/c12-10(13)18-8-3-1-2-7(6-8)15-5-4-9(16)14-11(15)17/h1-6,10H,(H,14,16,17). The van der Waals surface area contributed by atoms with Gasteiger partial charge in [-0.15, -0.1) is 0 Å². The summed E-state index contributed by atoms with van der Waals surface area (Å²) in [7, 11) is 0. The summed E-state index contributed by atoms with van der Waals surface area (Å²) < 4.78 is 29.4. The van der Waals surface area contributed by atoms with Gasteiger partial charge >= 0.3 is 12.3 Å². The van der Waals surface area contributed by atoms with Crippen molar-refractivity contribution < 1.29 is 13.5 Å². The number of nitrogens with zero attached hydrogens (tertiary/aromatic N) is 1. The highest BCUT2D eigenvalue weighted by Crippen LogP contribution is 2.17. The minimum absolute atomic E-state index is 0.0689. The van der Waals surface area contributed by atoms with Crippen molar-refractivity contribution in [3.05, 3.63) is 57.4 Å². The third kappa shape index (κ3) is 2.62. The van der Waals surface area contributed by atoms with E-state index in [2.05, 4.69) is 9.72 Å². The third-order valence-electron chi connectivity index (χ3n) is 2.14. The predicted octanol–water partition coefficient (Wildman–Crippen LogP) is 1.13. The first-order chi connectivity index (χ1) is 8.56. The summed E-state index contributed by atoms with van der Waals surface area (Å²) in [6.07, 6.45) is 1.25. The summed E-state index contributed by atoms with van der Waals surface area (Å²) in [6, 6.07) is 6.75. The molecule has 1 aromatic heterocycles. The van der Waals surface area contributed by atoms with Gasteiger partial charge in [0.25, 0.3) is 5.56 Å². The van der Waals surface area contributed by atoms with Crippen LogP contribution in [0.5, 0.6) is 5.75 Å². The molecule has 1 aromatic carbocycles. The summed E-state index contributed by atoms with van der Waals surface area (Å²) in [4.78, 5) is 24.4. The molecule has 1 heterocycles. The van der Waals surface area contributed by atoms with E-state index in [1.54, 1.807) is 0 Å². The van der Waals surface area contributed by atoms with Crippen LogP contribution in [-0.4, -0.2) is 16.2 Å². The second-order valence-corrected chi connectivity index (χ2v) is 3.36. The zero-order valence-corrected chi connectivity index (χ0v) is 8.97. The molecule has 0 saturated heterocycles. The van der Waals surface area contributed by atoms with Crippen molar-refractivity contribution in [1.82, 2.24) is 9.55 Å². The van der Waals surface area contributed by atoms with Gasteiger partial charge in [-0.2, -0.15) is 8.78 Å². The molecule has 0 aliphatic rings. The number of benzene rings is 1. The van der Waals surface area contributed by atoms with Crippen LogP contribution in [-0.2, 0) is 0 Å². The lowest BCUT2D eigenvalue weighted by atomic mass is 10.3. The highest BCUT2D eigenvalue weighted by molar-refractivity contribution is 5.39. The van der Waals surface area contributed by atoms with Crippen LogP contribution in [0.1, 0.15) is 0 Å². The van der Waals surface area contributed by atoms with Gasteiger partial charge in [-0.3, -0.25) is 14.3 Å². The van der Waals surface area contributed by atoms with E-state index in [1.807, 2.05) is 0 Å². The van der Waals surface area contributed by atoms with Crippen LogP contribution in [0.3, 0.4) is 0 Å². The van der Waals surface area contributed by atoms with Gasteiger partial charge in [0, 0.05) is 18.3 Å². The quantitative estimate of drug-likeness (QED) is 0.892. The predicted molar refractivity (Wildman–Crippen MR) is 59.3 cm³/mol. The number of aromatic nitrogens is 2. The minimum atomic E-state index is -2.94. The molecule has 2 rings (SSSR count). The number of alkyl halides is 2. The van der Waals surface area contributed by atoms with Crippen molar-refractivity contribution in [3.8, 4) is 11.4 Å². The van der Waals surface area contributed by atoms with Crippen LogP contribution in [0.15, 0.2) is 46.1 Å². The first kappa shape index (κ1) is 12.0. The monoisotopic (exact) mass is 254 g/mol. The fraction of sp³-hybridized carbons (Fsp3) is 0.0909. The molecule has 0 atom stereocenters. The molecule has 0 radical (unpaired) electrons. The Hall–Kier alpha value is -2.44. The van der Waals surface area contributed by atoms with Gasteiger partial charge in [0.1, 0.15) is 5.75 Å². The Labute approximate surface area is 99.3 Å². The fourth-order valence-corrected chi connectivity index (χ4v) is 1.43. The average Bonchev–Trinajstić information content (AvgIpc) is 2.28. The topological polar surface area (TPSA) is 64.1 Å². The fourth-order valence-electron chi connectivity index (χ4n) is 1.43. The van der Waals surface area contributed by atoms with Crippen LogP contribution < -0.4 is 16.0 Å². The SMILES string of the molecule is O=c1ccn(-c2cccc(OC(F)F)c2)c(=O)[nH]1. The van der Waals surface area contributed by atoms with Crippen LogP contribution in [0.4, 0.5) is 8.78 Å². The number of H-pyrrole nitrogens is 1. The van der Waals surface area contributed by atoms with Gasteiger partial charge < -0.3 is 4.74 Å². The second kappa shape index (κ2) is 4.82. The Bertz CT molecular complexity index is 664. The lowest BCUT2D eigenvalue weighted by Crippen LogP contribution is -2.27. The number of halogens is 2. The highest BCUT2D eigenvalue weighted by atomic mass is 19.3. The number of rotatable bonds is 3. The van der Waals surface area contributed by atoms with E-state index in [1.165, 1.54) is 30.5 Å². The van der Waals surface area contributed by atoms with Crippen molar-refractivity contribution >= 4 is 0 Å². The molecule has 0 aliphatic heterocycles. The second-order valence-electron chi connectivity index (χ2n) is 3.36. The highest BCUT2D eigenvalue weighted by Gasteiger charge is 2.06. The zero-order chi connectivity index (χ0) is 13.1. The molecule has 0 bridgehead atoms. The normalized spacial score (nSPS) is 10.6. The molecule has 0 amide bonds. The molecule has 0 aliphatic carbocycles. The number of nitrogens with one attached hydrogen (secondary N) is 1. The molecule has 0 spiro atoms. The Morgan fingerprint density at radius 2 is 2.00 bits per heavy atom. The maximum absolute atomic E-state index is 12.0. The molecule has 5 nitrogen and oxygen atoms in total. The molecule has 0 saturated carbocycles. The average molecular weight is 254 g/mol. The first-order valence-electron chi connectivity index (χ1n) is 4.93. The van der Waals surface area contributed by atoms with Gasteiger partial charge in [-0.05, 0) is 12.1 Å². The lowest BCUT2D eigenvalue weighted by Gasteiger charge is -2.08. The zero-order valence-electron chi connectivity index (χ0n) is 8.97. The molecule has 1 N–H and O–H groups in total. The lowest BCUT2D eigenvalue weighted by molar-refractivity contribution is -0.0498. The summed E-state index contributed by atoms with van der Waals surface area (Å²) in [5.74, 6) is -0.0689. The van der Waals surface area contributed by atoms with E-state index in [9.17, 15) is 18.4 Å². The number of hydrogen-bond acceptors (Lipinski definition) is 3. The van der Waals surface area contributed by atoms with Crippen LogP contribution in [0, 0.1) is 0 Å². The van der Waals surface area contributed by atoms with Gasteiger partial charge in [-0.1, -0.05) is 6.07 Å². The van der Waals surface area contributed by atoms with Crippen molar-refractivity contribution in [2.45, 2.75) is 6.61 Å². The molecule has 0 fully saturated rings. The van der Waals surface area contributed by atoms with Crippen molar-refractivity contribution in [1.29, 1.82) is 0 Å². The van der Waals surface area contributed by atoms with Crippen molar-refractivity contribution in [2.24, 2.45) is 0 Å². The molecule has 2 aromatic rings. The maximum atomic E-state index is 12.0. The van der Waals surface area contributed by atoms with Crippen LogP contribution in [0.25, 0.3) is 5.69 Å². The van der Waals surface area contributed by atoms with E-state index < -0.39 is 17.9 Å². The van der Waals surface area contributed by atoms with E-state index >= 15 is 0 Å². The molecular weight excluding hydrogens is 246 g/mol. The Morgan fingerprint density at radius 3 is 2.67 bits per heavy atom. The molecule has 7 heteroatoms. The molecule has 94 valence electrons. The smallest absolute Gasteiger partial charge is 0.387 e. The summed E-state index contributed by atoms with van der Waals surface area (Å²) >= 11 is 0. The molecular formula is C11H8F2N2O3. The van der Waals surface area contributed by atoms with Gasteiger partial charge in [0.2, 0.25) is 0 Å². The van der Waals surface area contributed by atoms with Gasteiger partial charge in [0.05, 0.1) is 5.69 Å². The maximum Gasteiger partial charge on any atom is 0.387 e. The minimum Gasteiger partial charge on any atom is -0.435 e. The summed E-state index contributed by atoms with van der Waals surface area (Å²) in [5, 5.41) is 0. The summed E-state index contributed by atoms with van der Waals surface area (Å²) in [5.41, 5.74) is -0.873. The number of hydrogen-bond donors (Lipinski definition) is 1.